The van der Waals surface area contributed by atoms with Gasteiger partial charge in [0.1, 0.15) is 0 Å². The molecule has 1 amide bonds. The maximum Gasteiger partial charge on any atom is 0.224 e. The molecule has 0 aliphatic carbocycles. The molecule has 0 saturated heterocycles. The number of carbonyl (C=O) groups excluding carboxylic acids is 1. The van der Waals surface area contributed by atoms with Crippen molar-refractivity contribution in [3.8, 4) is 5.69 Å². The lowest BCUT2D eigenvalue weighted by Gasteiger charge is -2.07. The molecule has 0 spiro atoms. The van der Waals surface area contributed by atoms with Gasteiger partial charge in [0.05, 0.1) is 30.5 Å². The number of amides is 1. The molecule has 6 heteroatoms. The number of aromatic nitrogens is 4. The number of benzene rings is 2. The van der Waals surface area contributed by atoms with E-state index in [1.165, 1.54) is 5.56 Å². The highest BCUT2D eigenvalue weighted by atomic mass is 16.1. The quantitative estimate of drug-likeness (QED) is 0.516. The van der Waals surface area contributed by atoms with Crippen molar-refractivity contribution in [1.82, 2.24) is 24.9 Å². The van der Waals surface area contributed by atoms with E-state index in [4.69, 9.17) is 0 Å². The molecule has 0 bridgehead atoms. The summed E-state index contributed by atoms with van der Waals surface area (Å²) in [6.07, 6.45) is 3.92. The minimum atomic E-state index is -0.0304. The molecule has 0 fully saturated rings. The average molecular weight is 399 g/mol. The van der Waals surface area contributed by atoms with Crippen LogP contribution in [0.3, 0.4) is 0 Å². The van der Waals surface area contributed by atoms with Crippen LogP contribution in [0.5, 0.6) is 0 Å². The molecule has 0 unspecified atom stereocenters. The van der Waals surface area contributed by atoms with E-state index in [2.05, 4.69) is 27.6 Å². The lowest BCUT2D eigenvalue weighted by Crippen LogP contribution is -2.25. The van der Waals surface area contributed by atoms with Crippen LogP contribution in [-0.2, 0) is 24.3 Å². The van der Waals surface area contributed by atoms with Gasteiger partial charge in [-0.2, -0.15) is 10.2 Å². The van der Waals surface area contributed by atoms with Crippen molar-refractivity contribution >= 4 is 5.91 Å². The maximum absolute atomic E-state index is 12.5. The molecular weight excluding hydrogens is 374 g/mol. The van der Waals surface area contributed by atoms with Gasteiger partial charge in [-0.05, 0) is 37.1 Å². The molecule has 0 radical (unpaired) electrons. The van der Waals surface area contributed by atoms with Crippen LogP contribution < -0.4 is 5.32 Å². The van der Waals surface area contributed by atoms with Crippen LogP contribution in [0.1, 0.15) is 28.1 Å². The summed E-state index contributed by atoms with van der Waals surface area (Å²) < 4.78 is 3.78. The average Bonchev–Trinajstić information content (AvgIpc) is 3.32. The summed E-state index contributed by atoms with van der Waals surface area (Å²) in [6, 6.07) is 20.1. The van der Waals surface area contributed by atoms with Gasteiger partial charge >= 0.3 is 0 Å². The third-order valence-electron chi connectivity index (χ3n) is 5.19. The van der Waals surface area contributed by atoms with E-state index in [-0.39, 0.29) is 5.91 Å². The molecule has 1 N–H and O–H groups in total. The van der Waals surface area contributed by atoms with Crippen molar-refractivity contribution in [2.75, 3.05) is 0 Å². The van der Waals surface area contributed by atoms with Crippen LogP contribution >= 0.6 is 0 Å². The standard InChI is InChI=1S/C24H25N5O/c1-18-23(19(2)28(27-18)16-20-9-5-3-6-10-20)15-25-24(30)13-21-14-26-29(17-21)22-11-7-4-8-12-22/h3-12,14,17H,13,15-16H2,1-2H3,(H,25,30). The second-order valence-electron chi connectivity index (χ2n) is 7.37. The Hall–Kier alpha value is -3.67. The summed E-state index contributed by atoms with van der Waals surface area (Å²) in [4.78, 5) is 12.5. The molecule has 2 heterocycles. The molecule has 0 aliphatic heterocycles. The zero-order chi connectivity index (χ0) is 20.9. The highest BCUT2D eigenvalue weighted by Gasteiger charge is 2.13. The van der Waals surface area contributed by atoms with Crippen LogP contribution in [-0.4, -0.2) is 25.5 Å². The van der Waals surface area contributed by atoms with Gasteiger partial charge in [-0.1, -0.05) is 48.5 Å². The highest BCUT2D eigenvalue weighted by Crippen LogP contribution is 2.15. The van der Waals surface area contributed by atoms with E-state index in [1.807, 2.05) is 73.3 Å². The van der Waals surface area contributed by atoms with Gasteiger partial charge in [-0.3, -0.25) is 9.48 Å². The van der Waals surface area contributed by atoms with Crippen molar-refractivity contribution in [2.45, 2.75) is 33.4 Å². The molecular formula is C24H25N5O. The fourth-order valence-corrected chi connectivity index (χ4v) is 3.51. The lowest BCUT2D eigenvalue weighted by atomic mass is 10.2. The normalized spacial score (nSPS) is 10.9. The first-order valence-electron chi connectivity index (χ1n) is 10.0. The monoisotopic (exact) mass is 399 g/mol. The first-order valence-corrected chi connectivity index (χ1v) is 10.0. The molecule has 2 aromatic heterocycles. The fraction of sp³-hybridized carbons (Fsp3) is 0.208. The lowest BCUT2D eigenvalue weighted by molar-refractivity contribution is -0.120. The Balaban J connectivity index is 1.37. The van der Waals surface area contributed by atoms with E-state index in [0.717, 1.165) is 34.7 Å². The number of nitrogens with one attached hydrogen (secondary N) is 1. The number of para-hydroxylation sites is 1. The largest absolute Gasteiger partial charge is 0.352 e. The summed E-state index contributed by atoms with van der Waals surface area (Å²) in [7, 11) is 0. The van der Waals surface area contributed by atoms with E-state index in [0.29, 0.717) is 13.0 Å². The number of nitrogens with zero attached hydrogens (tertiary/aromatic N) is 4. The topological polar surface area (TPSA) is 64.7 Å². The second kappa shape index (κ2) is 8.78. The van der Waals surface area contributed by atoms with Gasteiger partial charge in [0.25, 0.3) is 0 Å². The molecule has 2 aromatic carbocycles. The van der Waals surface area contributed by atoms with Gasteiger partial charge in [0.2, 0.25) is 5.91 Å². The molecule has 0 saturated carbocycles. The van der Waals surface area contributed by atoms with E-state index in [1.54, 1.807) is 10.9 Å². The summed E-state index contributed by atoms with van der Waals surface area (Å²) in [5.74, 6) is -0.0304. The van der Waals surface area contributed by atoms with E-state index >= 15 is 0 Å². The summed E-state index contributed by atoms with van der Waals surface area (Å²) in [5, 5.41) is 12.0. The Labute approximate surface area is 176 Å². The van der Waals surface area contributed by atoms with Crippen molar-refractivity contribution in [1.29, 1.82) is 0 Å². The van der Waals surface area contributed by atoms with Gasteiger partial charge in [0, 0.05) is 24.0 Å². The van der Waals surface area contributed by atoms with Gasteiger partial charge in [0.15, 0.2) is 0 Å². The summed E-state index contributed by atoms with van der Waals surface area (Å²) in [6.45, 7) is 5.23. The Bertz CT molecular complexity index is 1130. The Morgan fingerprint density at radius 1 is 0.967 bits per heavy atom. The van der Waals surface area contributed by atoms with Gasteiger partial charge < -0.3 is 5.32 Å². The Morgan fingerprint density at radius 3 is 2.40 bits per heavy atom. The zero-order valence-corrected chi connectivity index (χ0v) is 17.2. The van der Waals surface area contributed by atoms with Crippen LogP contribution in [0, 0.1) is 13.8 Å². The Kier molecular flexibility index (Phi) is 5.75. The molecule has 152 valence electrons. The van der Waals surface area contributed by atoms with Gasteiger partial charge in [-0.25, -0.2) is 4.68 Å². The van der Waals surface area contributed by atoms with Crippen molar-refractivity contribution in [3.63, 3.8) is 0 Å². The number of hydrogen-bond donors (Lipinski definition) is 1. The molecule has 4 aromatic rings. The molecule has 30 heavy (non-hydrogen) atoms. The van der Waals surface area contributed by atoms with Crippen LogP contribution in [0.2, 0.25) is 0 Å². The van der Waals surface area contributed by atoms with Crippen molar-refractivity contribution in [2.24, 2.45) is 0 Å². The zero-order valence-electron chi connectivity index (χ0n) is 17.2. The molecule has 4 rings (SSSR count). The molecule has 0 aliphatic rings. The maximum atomic E-state index is 12.5. The fourth-order valence-electron chi connectivity index (χ4n) is 3.51. The highest BCUT2D eigenvalue weighted by molar-refractivity contribution is 5.78. The Morgan fingerprint density at radius 2 is 1.67 bits per heavy atom. The second-order valence-corrected chi connectivity index (χ2v) is 7.37. The first-order chi connectivity index (χ1) is 14.6. The first kappa shape index (κ1) is 19.6. The van der Waals surface area contributed by atoms with Crippen LogP contribution in [0.25, 0.3) is 5.69 Å². The third-order valence-corrected chi connectivity index (χ3v) is 5.19. The van der Waals surface area contributed by atoms with Crippen molar-refractivity contribution < 1.29 is 4.79 Å². The van der Waals surface area contributed by atoms with E-state index in [9.17, 15) is 4.79 Å². The van der Waals surface area contributed by atoms with Crippen LogP contribution in [0.15, 0.2) is 73.1 Å². The number of aryl methyl sites for hydroxylation is 1. The number of carbonyl (C=O) groups is 1. The third kappa shape index (κ3) is 4.49. The van der Waals surface area contributed by atoms with Crippen LogP contribution in [0.4, 0.5) is 0 Å². The SMILES string of the molecule is Cc1nn(Cc2ccccc2)c(C)c1CNC(=O)Cc1cnn(-c2ccccc2)c1. The summed E-state index contributed by atoms with van der Waals surface area (Å²) >= 11 is 0. The van der Waals surface area contributed by atoms with E-state index < -0.39 is 0 Å². The smallest absolute Gasteiger partial charge is 0.224 e. The molecule has 6 nitrogen and oxygen atoms in total. The van der Waals surface area contributed by atoms with Gasteiger partial charge in [-0.15, -0.1) is 0 Å². The number of hydrogen-bond acceptors (Lipinski definition) is 3. The predicted molar refractivity (Wildman–Crippen MR) is 116 cm³/mol. The minimum Gasteiger partial charge on any atom is -0.352 e. The van der Waals surface area contributed by atoms with Crippen molar-refractivity contribution in [3.05, 3.63) is 101 Å². The minimum absolute atomic E-state index is 0.0304. The summed E-state index contributed by atoms with van der Waals surface area (Å²) in [5.41, 5.74) is 6.15. The molecule has 0 atom stereocenters. The number of rotatable bonds is 7. The predicted octanol–water partition coefficient (Wildman–Crippen LogP) is 3.59.